The minimum Gasteiger partial charge on any atom is -0.357 e. The Kier molecular flexibility index (Phi) is 5.03. The van der Waals surface area contributed by atoms with Crippen molar-refractivity contribution in [1.82, 2.24) is 10.3 Å². The van der Waals surface area contributed by atoms with E-state index in [2.05, 4.69) is 56.1 Å². The van der Waals surface area contributed by atoms with Crippen molar-refractivity contribution in [2.75, 3.05) is 18.0 Å². The first-order chi connectivity index (χ1) is 9.48. The first kappa shape index (κ1) is 15.3. The van der Waals surface area contributed by atoms with Crippen LogP contribution in [-0.4, -0.2) is 23.6 Å². The molecule has 1 heterocycles. The van der Waals surface area contributed by atoms with E-state index in [0.29, 0.717) is 0 Å². The zero-order chi connectivity index (χ0) is 14.6. The van der Waals surface area contributed by atoms with E-state index in [1.54, 1.807) is 0 Å². The first-order valence-electron chi connectivity index (χ1n) is 7.94. The maximum Gasteiger partial charge on any atom is 0.128 e. The lowest BCUT2D eigenvalue weighted by Crippen LogP contribution is -2.36. The Balaban J connectivity index is 1.99. The maximum atomic E-state index is 4.82. The third-order valence-corrected chi connectivity index (χ3v) is 4.00. The Morgan fingerprint density at radius 3 is 2.60 bits per heavy atom. The van der Waals surface area contributed by atoms with Crippen LogP contribution in [0.15, 0.2) is 18.2 Å². The number of anilines is 1. The lowest BCUT2D eigenvalue weighted by Gasteiger charge is -2.32. The number of pyridine rings is 1. The summed E-state index contributed by atoms with van der Waals surface area (Å²) in [5, 5.41) is 3.50. The smallest absolute Gasteiger partial charge is 0.128 e. The average Bonchev–Trinajstić information content (AvgIpc) is 2.35. The molecule has 1 N–H and O–H groups in total. The van der Waals surface area contributed by atoms with Crippen LogP contribution < -0.4 is 10.2 Å². The molecule has 0 aliphatic heterocycles. The van der Waals surface area contributed by atoms with Gasteiger partial charge in [0.1, 0.15) is 5.82 Å². The molecule has 0 atom stereocenters. The van der Waals surface area contributed by atoms with E-state index in [9.17, 15) is 0 Å². The van der Waals surface area contributed by atoms with Crippen molar-refractivity contribution in [2.24, 2.45) is 5.92 Å². The molecule has 112 valence electrons. The van der Waals surface area contributed by atoms with E-state index in [1.165, 1.54) is 25.8 Å². The number of rotatable bonds is 6. The van der Waals surface area contributed by atoms with Crippen LogP contribution in [0.3, 0.4) is 0 Å². The van der Waals surface area contributed by atoms with Crippen molar-refractivity contribution in [3.05, 3.63) is 23.9 Å². The summed E-state index contributed by atoms with van der Waals surface area (Å²) in [5.74, 6) is 2.01. The molecule has 1 aliphatic carbocycles. The molecule has 1 aromatic rings. The largest absolute Gasteiger partial charge is 0.357 e. The van der Waals surface area contributed by atoms with Crippen LogP contribution in [0.5, 0.6) is 0 Å². The molecular formula is C17H29N3. The van der Waals surface area contributed by atoms with Gasteiger partial charge in [0.2, 0.25) is 0 Å². The summed E-state index contributed by atoms with van der Waals surface area (Å²) >= 11 is 0. The Hall–Kier alpha value is -1.09. The summed E-state index contributed by atoms with van der Waals surface area (Å²) in [6.45, 7) is 11.8. The van der Waals surface area contributed by atoms with Crippen LogP contribution in [0.4, 0.5) is 5.82 Å². The number of hydrogen-bond donors (Lipinski definition) is 1. The topological polar surface area (TPSA) is 28.2 Å². The van der Waals surface area contributed by atoms with Crippen LogP contribution >= 0.6 is 0 Å². The van der Waals surface area contributed by atoms with Crippen LogP contribution in [0, 0.1) is 5.92 Å². The number of aromatic nitrogens is 1. The fourth-order valence-electron chi connectivity index (χ4n) is 2.47. The molecule has 0 aromatic carbocycles. The number of nitrogens with one attached hydrogen (secondary N) is 1. The van der Waals surface area contributed by atoms with E-state index in [0.717, 1.165) is 30.5 Å². The highest BCUT2D eigenvalue weighted by Crippen LogP contribution is 2.28. The molecule has 3 nitrogen and oxygen atoms in total. The standard InChI is InChI=1S/C17H29N3/c1-5-20(13-14-8-6-9-14)16-11-7-10-15(19-16)12-18-17(2,3)4/h7,10-11,14,18H,5-6,8-9,12-13H2,1-4H3. The second-order valence-corrected chi connectivity index (χ2v) is 6.93. The minimum atomic E-state index is 0.133. The first-order valence-corrected chi connectivity index (χ1v) is 7.94. The summed E-state index contributed by atoms with van der Waals surface area (Å²) in [4.78, 5) is 7.24. The van der Waals surface area contributed by atoms with Gasteiger partial charge in [-0.3, -0.25) is 0 Å². The van der Waals surface area contributed by atoms with E-state index in [4.69, 9.17) is 4.98 Å². The summed E-state index contributed by atoms with van der Waals surface area (Å²) in [5.41, 5.74) is 1.26. The third-order valence-electron chi connectivity index (χ3n) is 4.00. The van der Waals surface area contributed by atoms with Gasteiger partial charge in [-0.25, -0.2) is 4.98 Å². The predicted octanol–water partition coefficient (Wildman–Crippen LogP) is 3.60. The van der Waals surface area contributed by atoms with Gasteiger partial charge in [0.15, 0.2) is 0 Å². The van der Waals surface area contributed by atoms with Crippen molar-refractivity contribution in [2.45, 2.75) is 59.0 Å². The van der Waals surface area contributed by atoms with Crippen LogP contribution in [-0.2, 0) is 6.54 Å². The SMILES string of the molecule is CCN(CC1CCC1)c1cccc(CNC(C)(C)C)n1. The molecular weight excluding hydrogens is 246 g/mol. The van der Waals surface area contributed by atoms with Gasteiger partial charge < -0.3 is 10.2 Å². The zero-order valence-corrected chi connectivity index (χ0v) is 13.4. The van der Waals surface area contributed by atoms with Gasteiger partial charge >= 0.3 is 0 Å². The van der Waals surface area contributed by atoms with E-state index in [-0.39, 0.29) is 5.54 Å². The van der Waals surface area contributed by atoms with E-state index in [1.807, 2.05) is 0 Å². The quantitative estimate of drug-likeness (QED) is 0.860. The molecule has 2 rings (SSSR count). The molecule has 1 saturated carbocycles. The molecule has 20 heavy (non-hydrogen) atoms. The molecule has 0 radical (unpaired) electrons. The van der Waals surface area contributed by atoms with Crippen LogP contribution in [0.2, 0.25) is 0 Å². The van der Waals surface area contributed by atoms with Crippen LogP contribution in [0.25, 0.3) is 0 Å². The monoisotopic (exact) mass is 275 g/mol. The van der Waals surface area contributed by atoms with E-state index < -0.39 is 0 Å². The molecule has 0 saturated heterocycles. The van der Waals surface area contributed by atoms with Crippen molar-refractivity contribution < 1.29 is 0 Å². The van der Waals surface area contributed by atoms with Crippen LogP contribution in [0.1, 0.15) is 52.7 Å². The average molecular weight is 275 g/mol. The fraction of sp³-hybridized carbons (Fsp3) is 0.706. The predicted molar refractivity (Wildman–Crippen MR) is 86.1 cm³/mol. The van der Waals surface area contributed by atoms with Crippen molar-refractivity contribution >= 4 is 5.82 Å². The van der Waals surface area contributed by atoms with Crippen molar-refractivity contribution in [1.29, 1.82) is 0 Å². The molecule has 0 amide bonds. The number of nitrogens with zero attached hydrogens (tertiary/aromatic N) is 2. The van der Waals surface area contributed by atoms with Gasteiger partial charge in [-0.2, -0.15) is 0 Å². The molecule has 1 fully saturated rings. The summed E-state index contributed by atoms with van der Waals surface area (Å²) in [7, 11) is 0. The zero-order valence-electron chi connectivity index (χ0n) is 13.4. The highest BCUT2D eigenvalue weighted by atomic mass is 15.2. The highest BCUT2D eigenvalue weighted by molar-refractivity contribution is 5.39. The Morgan fingerprint density at radius 2 is 2.05 bits per heavy atom. The molecule has 0 unspecified atom stereocenters. The Morgan fingerprint density at radius 1 is 1.30 bits per heavy atom. The van der Waals surface area contributed by atoms with Gasteiger partial charge in [-0.15, -0.1) is 0 Å². The van der Waals surface area contributed by atoms with Gasteiger partial charge in [-0.1, -0.05) is 12.5 Å². The summed E-state index contributed by atoms with van der Waals surface area (Å²) in [6, 6.07) is 6.38. The summed E-state index contributed by atoms with van der Waals surface area (Å²) in [6.07, 6.45) is 4.19. The van der Waals surface area contributed by atoms with Gasteiger partial charge in [0, 0.05) is 25.2 Å². The Bertz CT molecular complexity index is 418. The minimum absolute atomic E-state index is 0.133. The molecule has 0 bridgehead atoms. The van der Waals surface area contributed by atoms with E-state index >= 15 is 0 Å². The second-order valence-electron chi connectivity index (χ2n) is 6.93. The normalized spacial score (nSPS) is 16.0. The lowest BCUT2D eigenvalue weighted by atomic mass is 9.85. The molecule has 0 spiro atoms. The molecule has 1 aliphatic rings. The highest BCUT2D eigenvalue weighted by Gasteiger charge is 2.20. The lowest BCUT2D eigenvalue weighted by molar-refractivity contribution is 0.318. The fourth-order valence-corrected chi connectivity index (χ4v) is 2.47. The van der Waals surface area contributed by atoms with Gasteiger partial charge in [0.05, 0.1) is 5.69 Å². The van der Waals surface area contributed by atoms with Gasteiger partial charge in [-0.05, 0) is 58.6 Å². The van der Waals surface area contributed by atoms with Crippen molar-refractivity contribution in [3.8, 4) is 0 Å². The second kappa shape index (κ2) is 6.57. The maximum absolute atomic E-state index is 4.82. The van der Waals surface area contributed by atoms with Gasteiger partial charge in [0.25, 0.3) is 0 Å². The van der Waals surface area contributed by atoms with Crippen molar-refractivity contribution in [3.63, 3.8) is 0 Å². The number of hydrogen-bond acceptors (Lipinski definition) is 3. The summed E-state index contributed by atoms with van der Waals surface area (Å²) < 4.78 is 0. The molecule has 3 heteroatoms. The Labute approximate surface area is 123 Å². The third kappa shape index (κ3) is 4.48. The molecule has 1 aromatic heterocycles.